The minimum absolute atomic E-state index is 0.104. The summed E-state index contributed by atoms with van der Waals surface area (Å²) in [7, 11) is 1.29. The molecule has 10 nitrogen and oxygen atoms in total. The van der Waals surface area contributed by atoms with Gasteiger partial charge >= 0.3 is 5.97 Å². The van der Waals surface area contributed by atoms with Gasteiger partial charge in [0.25, 0.3) is 5.91 Å². The highest BCUT2D eigenvalue weighted by Gasteiger charge is 2.56. The number of oxime groups is 1. The Kier molecular flexibility index (Phi) is 4.96. The molecule has 0 bridgehead atoms. The van der Waals surface area contributed by atoms with Gasteiger partial charge in [-0.25, -0.2) is 4.98 Å². The number of thioether (sulfide) groups is 1. The van der Waals surface area contributed by atoms with Gasteiger partial charge in [-0.05, 0) is 19.1 Å². The van der Waals surface area contributed by atoms with Crippen molar-refractivity contribution >= 4 is 41.1 Å². The van der Waals surface area contributed by atoms with E-state index < -0.39 is 23.3 Å². The van der Waals surface area contributed by atoms with Crippen LogP contribution in [0.4, 0.5) is 5.82 Å². The van der Waals surface area contributed by atoms with Crippen molar-refractivity contribution in [2.45, 2.75) is 18.3 Å². The number of fused-ring (bicyclic) bond motifs is 1. The van der Waals surface area contributed by atoms with E-state index in [-0.39, 0.29) is 35.0 Å². The smallest absolute Gasteiger partial charge is 0.312 e. The molecule has 1 aromatic rings. The lowest BCUT2D eigenvalue weighted by Gasteiger charge is -2.53. The lowest BCUT2D eigenvalue weighted by molar-refractivity contribution is -0.157. The zero-order chi connectivity index (χ0) is 19.8. The fourth-order valence-electron chi connectivity index (χ4n) is 2.92. The minimum atomic E-state index is -1.00. The number of nitrogens with two attached hydrogens (primary N) is 1. The van der Waals surface area contributed by atoms with Crippen molar-refractivity contribution in [2.24, 2.45) is 10.6 Å². The third kappa shape index (κ3) is 3.42. The molecule has 1 aromatic heterocycles. The summed E-state index contributed by atoms with van der Waals surface area (Å²) in [4.78, 5) is 46.7. The normalized spacial score (nSPS) is 27.4. The minimum Gasteiger partial charge on any atom is -0.481 e. The number of hydrogen-bond donors (Lipinski definition) is 3. The highest BCUT2D eigenvalue weighted by atomic mass is 32.2. The summed E-state index contributed by atoms with van der Waals surface area (Å²) in [5.41, 5.74) is 4.75. The van der Waals surface area contributed by atoms with E-state index in [0.29, 0.717) is 5.75 Å². The molecule has 11 heteroatoms. The number of nitrogens with zero attached hydrogens (tertiary/aromatic N) is 3. The third-order valence-corrected chi connectivity index (χ3v) is 6.12. The fraction of sp³-hybridized carbons (Fsp3) is 0.438. The number of anilines is 1. The zero-order valence-corrected chi connectivity index (χ0v) is 15.5. The van der Waals surface area contributed by atoms with Crippen molar-refractivity contribution in [3.05, 3.63) is 23.9 Å². The van der Waals surface area contributed by atoms with Crippen LogP contribution in [0.2, 0.25) is 0 Å². The molecule has 3 rings (SSSR count). The molecule has 0 aliphatic carbocycles. The first kappa shape index (κ1) is 19.0. The molecule has 3 heterocycles. The molecule has 0 aromatic carbocycles. The number of carboxylic acid groups (broad SMARTS) is 1. The standard InChI is InChI=1S/C16H19N5O5S/c1-16(15(24)25)6-21-13(23)11(14(21)27-7-16)19-12(22)10(20-26-2)8-4-3-5-9(17)18-8/h3-5,11,14H,6-7H2,1-2H3,(H2,17,18)(H,19,22)(H,24,25)/t11?,14-,16?/m1/s1. The van der Waals surface area contributed by atoms with Gasteiger partial charge in [0.15, 0.2) is 5.71 Å². The van der Waals surface area contributed by atoms with Crippen LogP contribution in [0, 0.1) is 5.41 Å². The van der Waals surface area contributed by atoms with Gasteiger partial charge in [-0.2, -0.15) is 0 Å². The van der Waals surface area contributed by atoms with Crippen LogP contribution in [0.1, 0.15) is 12.6 Å². The van der Waals surface area contributed by atoms with Gasteiger partial charge in [0.1, 0.15) is 30.0 Å². The van der Waals surface area contributed by atoms with E-state index in [1.165, 1.54) is 23.8 Å². The second-order valence-corrected chi connectivity index (χ2v) is 7.66. The van der Waals surface area contributed by atoms with Crippen molar-refractivity contribution in [3.63, 3.8) is 0 Å². The number of nitrogen functional groups attached to an aromatic ring is 1. The first-order valence-corrected chi connectivity index (χ1v) is 9.12. The number of amides is 2. The Morgan fingerprint density at radius 2 is 2.26 bits per heavy atom. The van der Waals surface area contributed by atoms with Crippen LogP contribution < -0.4 is 11.1 Å². The number of nitrogens with one attached hydrogen (secondary N) is 1. The second-order valence-electron chi connectivity index (χ2n) is 6.55. The Bertz CT molecular complexity index is 831. The molecule has 27 heavy (non-hydrogen) atoms. The lowest BCUT2D eigenvalue weighted by atomic mass is 9.89. The van der Waals surface area contributed by atoms with Crippen LogP contribution in [0.5, 0.6) is 0 Å². The van der Waals surface area contributed by atoms with E-state index in [1.54, 1.807) is 25.1 Å². The molecule has 2 aliphatic rings. The van der Waals surface area contributed by atoms with Crippen LogP contribution >= 0.6 is 11.8 Å². The number of pyridine rings is 1. The van der Waals surface area contributed by atoms with Crippen molar-refractivity contribution in [3.8, 4) is 0 Å². The maximum absolute atomic E-state index is 12.6. The first-order valence-electron chi connectivity index (χ1n) is 8.07. The Morgan fingerprint density at radius 1 is 1.52 bits per heavy atom. The molecule has 2 amide bonds. The largest absolute Gasteiger partial charge is 0.481 e. The number of carbonyl (C=O) groups excluding carboxylic acids is 2. The van der Waals surface area contributed by atoms with E-state index in [4.69, 9.17) is 10.6 Å². The second kappa shape index (κ2) is 7.06. The molecule has 3 atom stereocenters. The van der Waals surface area contributed by atoms with E-state index in [2.05, 4.69) is 15.5 Å². The van der Waals surface area contributed by atoms with Gasteiger partial charge in [0.05, 0.1) is 5.41 Å². The van der Waals surface area contributed by atoms with Crippen LogP contribution in [0.3, 0.4) is 0 Å². The molecule has 4 N–H and O–H groups in total. The van der Waals surface area contributed by atoms with Crippen LogP contribution in [-0.4, -0.2) is 69.3 Å². The van der Waals surface area contributed by atoms with Gasteiger partial charge in [-0.1, -0.05) is 11.2 Å². The van der Waals surface area contributed by atoms with Gasteiger partial charge in [-0.3, -0.25) is 14.4 Å². The summed E-state index contributed by atoms with van der Waals surface area (Å²) >= 11 is 1.33. The number of carboxylic acids is 1. The maximum Gasteiger partial charge on any atom is 0.312 e. The predicted octanol–water partition coefficient (Wildman–Crippen LogP) is -0.495. The number of carbonyl (C=O) groups is 3. The number of rotatable bonds is 5. The summed E-state index contributed by atoms with van der Waals surface area (Å²) in [5.74, 6) is -1.34. The highest BCUT2D eigenvalue weighted by molar-refractivity contribution is 8.00. The van der Waals surface area contributed by atoms with Crippen LogP contribution in [0.15, 0.2) is 23.4 Å². The van der Waals surface area contributed by atoms with Gasteiger partial charge in [-0.15, -0.1) is 11.8 Å². The topological polar surface area (TPSA) is 147 Å². The number of β-lactam (4-membered cyclic amide) rings is 1. The Hall–Kier alpha value is -2.82. The molecule has 144 valence electrons. The predicted molar refractivity (Wildman–Crippen MR) is 97.8 cm³/mol. The van der Waals surface area contributed by atoms with Crippen LogP contribution in [-0.2, 0) is 19.2 Å². The van der Waals surface area contributed by atoms with Crippen molar-refractivity contribution in [1.29, 1.82) is 0 Å². The molecule has 2 saturated heterocycles. The summed E-state index contributed by atoms with van der Waals surface area (Å²) in [6.45, 7) is 1.72. The molecular weight excluding hydrogens is 374 g/mol. The van der Waals surface area contributed by atoms with Crippen molar-refractivity contribution in [1.82, 2.24) is 15.2 Å². The van der Waals surface area contributed by atoms with Crippen molar-refractivity contribution in [2.75, 3.05) is 25.1 Å². The number of hydrogen-bond acceptors (Lipinski definition) is 8. The number of aliphatic carboxylic acids is 1. The van der Waals surface area contributed by atoms with Gasteiger partial charge in [0.2, 0.25) is 5.91 Å². The molecule has 0 saturated carbocycles. The maximum atomic E-state index is 12.6. The average Bonchev–Trinajstić information content (AvgIpc) is 2.64. The SMILES string of the molecule is CON=C(C(=O)NC1C(=O)N2CC(C)(C(=O)O)CS[C@H]12)c1cccc(N)n1. The van der Waals surface area contributed by atoms with E-state index in [9.17, 15) is 19.5 Å². The summed E-state index contributed by atoms with van der Waals surface area (Å²) in [6.07, 6.45) is 0. The quantitative estimate of drug-likeness (QED) is 0.345. The molecule has 2 aliphatic heterocycles. The Balaban J connectivity index is 1.72. The molecule has 2 fully saturated rings. The number of aromatic nitrogens is 1. The van der Waals surface area contributed by atoms with E-state index in [1.807, 2.05) is 0 Å². The van der Waals surface area contributed by atoms with Gasteiger partial charge in [0, 0.05) is 12.3 Å². The third-order valence-electron chi connectivity index (χ3n) is 4.45. The summed E-state index contributed by atoms with van der Waals surface area (Å²) < 4.78 is 0. The summed E-state index contributed by atoms with van der Waals surface area (Å²) in [6, 6.07) is 3.98. The first-order chi connectivity index (χ1) is 12.8. The Morgan fingerprint density at radius 3 is 2.89 bits per heavy atom. The highest BCUT2D eigenvalue weighted by Crippen LogP contribution is 2.41. The lowest BCUT2D eigenvalue weighted by Crippen LogP contribution is -2.73. The summed E-state index contributed by atoms with van der Waals surface area (Å²) in [5, 5.41) is 15.4. The average molecular weight is 393 g/mol. The molecule has 2 unspecified atom stereocenters. The fourth-order valence-corrected chi connectivity index (χ4v) is 4.41. The zero-order valence-electron chi connectivity index (χ0n) is 14.7. The van der Waals surface area contributed by atoms with Crippen LogP contribution in [0.25, 0.3) is 0 Å². The monoisotopic (exact) mass is 393 g/mol. The van der Waals surface area contributed by atoms with E-state index >= 15 is 0 Å². The molecular formula is C16H19N5O5S. The molecule has 0 radical (unpaired) electrons. The molecule has 0 spiro atoms. The van der Waals surface area contributed by atoms with Crippen molar-refractivity contribution < 1.29 is 24.3 Å². The van der Waals surface area contributed by atoms with E-state index in [0.717, 1.165) is 0 Å². The van der Waals surface area contributed by atoms with Gasteiger partial charge < -0.3 is 25.9 Å². The Labute approximate surface area is 159 Å².